The summed E-state index contributed by atoms with van der Waals surface area (Å²) in [5, 5.41) is 12.1. The molecule has 1 atom stereocenters. The molecule has 2 N–H and O–H groups in total. The summed E-state index contributed by atoms with van der Waals surface area (Å²) in [4.78, 5) is 29.2. The first-order valence-electron chi connectivity index (χ1n) is 10.3. The van der Waals surface area contributed by atoms with Crippen molar-refractivity contribution in [3.63, 3.8) is 0 Å². The monoisotopic (exact) mass is 460 g/mol. The fourth-order valence-electron chi connectivity index (χ4n) is 3.36. The van der Waals surface area contributed by atoms with Crippen LogP contribution in [0.15, 0.2) is 60.0 Å². The van der Waals surface area contributed by atoms with Crippen molar-refractivity contribution in [2.45, 2.75) is 19.3 Å². The van der Waals surface area contributed by atoms with Crippen LogP contribution in [-0.4, -0.2) is 65.7 Å². The molecule has 10 heteroatoms. The van der Waals surface area contributed by atoms with Gasteiger partial charge in [0.25, 0.3) is 12.3 Å². The van der Waals surface area contributed by atoms with Crippen LogP contribution in [0.2, 0.25) is 0 Å². The third-order valence-corrected chi connectivity index (χ3v) is 5.08. The molecule has 8 nitrogen and oxygen atoms in total. The van der Waals surface area contributed by atoms with Gasteiger partial charge < -0.3 is 29.9 Å². The van der Waals surface area contributed by atoms with Gasteiger partial charge in [-0.1, -0.05) is 18.2 Å². The van der Waals surface area contributed by atoms with Crippen LogP contribution in [0.1, 0.15) is 12.0 Å². The van der Waals surface area contributed by atoms with Gasteiger partial charge in [-0.25, -0.2) is 8.78 Å². The summed E-state index contributed by atoms with van der Waals surface area (Å²) in [5.41, 5.74) is 0.833. The molecule has 1 aliphatic heterocycles. The molecule has 1 heterocycles. The summed E-state index contributed by atoms with van der Waals surface area (Å²) in [6, 6.07) is 11.3. The Labute approximate surface area is 190 Å². The molecule has 0 fully saturated rings. The van der Waals surface area contributed by atoms with E-state index in [9.17, 15) is 18.4 Å². The molecule has 0 radical (unpaired) electrons. The van der Waals surface area contributed by atoms with Gasteiger partial charge >= 0.3 is 0 Å². The SMILES string of the molecule is CN(C=O)C1=C(C(=O)N(C)CCCO)N(Cc2ccc(F)cc2)C(Oc2cccc(F)c2)N1. The fraction of sp³-hybridized carbons (Fsp3) is 0.304. The van der Waals surface area contributed by atoms with Crippen molar-refractivity contribution in [3.05, 3.63) is 77.2 Å². The van der Waals surface area contributed by atoms with E-state index in [1.807, 2.05) is 0 Å². The molecule has 2 amide bonds. The van der Waals surface area contributed by atoms with Gasteiger partial charge in [0.1, 0.15) is 28.9 Å². The molecule has 0 aliphatic carbocycles. The van der Waals surface area contributed by atoms with E-state index in [1.54, 1.807) is 30.1 Å². The van der Waals surface area contributed by atoms with Crippen molar-refractivity contribution in [2.75, 3.05) is 27.2 Å². The zero-order chi connectivity index (χ0) is 24.0. The number of amides is 2. The second kappa shape index (κ2) is 10.8. The van der Waals surface area contributed by atoms with Crippen molar-refractivity contribution >= 4 is 12.3 Å². The first-order valence-corrected chi connectivity index (χ1v) is 10.3. The molecule has 2 aromatic rings. The maximum Gasteiger partial charge on any atom is 0.273 e. The van der Waals surface area contributed by atoms with E-state index < -0.39 is 23.9 Å². The highest BCUT2D eigenvalue weighted by Gasteiger charge is 2.39. The van der Waals surface area contributed by atoms with Crippen molar-refractivity contribution in [3.8, 4) is 5.75 Å². The largest absolute Gasteiger partial charge is 0.452 e. The molecule has 33 heavy (non-hydrogen) atoms. The van der Waals surface area contributed by atoms with Gasteiger partial charge in [-0.15, -0.1) is 0 Å². The summed E-state index contributed by atoms with van der Waals surface area (Å²) in [6.45, 7) is 0.343. The minimum atomic E-state index is -0.959. The van der Waals surface area contributed by atoms with Gasteiger partial charge in [-0.2, -0.15) is 0 Å². The van der Waals surface area contributed by atoms with E-state index in [0.29, 0.717) is 18.4 Å². The number of carbonyl (C=O) groups excluding carboxylic acids is 2. The van der Waals surface area contributed by atoms with Gasteiger partial charge in [0.05, 0.1) is 0 Å². The molecule has 0 aromatic heterocycles. The average molecular weight is 460 g/mol. The van der Waals surface area contributed by atoms with Crippen molar-refractivity contribution in [2.24, 2.45) is 0 Å². The lowest BCUT2D eigenvalue weighted by Crippen LogP contribution is -2.44. The maximum absolute atomic E-state index is 13.7. The van der Waals surface area contributed by atoms with Crippen LogP contribution in [0.5, 0.6) is 5.75 Å². The maximum atomic E-state index is 13.7. The Morgan fingerprint density at radius 3 is 2.55 bits per heavy atom. The highest BCUT2D eigenvalue weighted by molar-refractivity contribution is 5.94. The molecule has 0 bridgehead atoms. The summed E-state index contributed by atoms with van der Waals surface area (Å²) in [7, 11) is 3.07. The lowest BCUT2D eigenvalue weighted by Gasteiger charge is -2.30. The number of nitrogens with zero attached hydrogens (tertiary/aromatic N) is 3. The predicted molar refractivity (Wildman–Crippen MR) is 116 cm³/mol. The molecular weight excluding hydrogens is 434 g/mol. The summed E-state index contributed by atoms with van der Waals surface area (Å²) in [5.74, 6) is -0.884. The van der Waals surface area contributed by atoms with Crippen molar-refractivity contribution in [1.29, 1.82) is 0 Å². The number of aliphatic hydroxyl groups excluding tert-OH is 1. The van der Waals surface area contributed by atoms with Crippen LogP contribution in [-0.2, 0) is 16.1 Å². The summed E-state index contributed by atoms with van der Waals surface area (Å²) < 4.78 is 33.1. The molecule has 1 unspecified atom stereocenters. The number of rotatable bonds is 10. The molecule has 0 spiro atoms. The van der Waals surface area contributed by atoms with E-state index in [-0.39, 0.29) is 37.0 Å². The summed E-state index contributed by atoms with van der Waals surface area (Å²) >= 11 is 0. The second-order valence-electron chi connectivity index (χ2n) is 7.54. The molecule has 176 valence electrons. The number of carbonyl (C=O) groups is 2. The Balaban J connectivity index is 2.00. The van der Waals surface area contributed by atoms with E-state index in [1.165, 1.54) is 47.2 Å². The van der Waals surface area contributed by atoms with Crippen LogP contribution in [0.25, 0.3) is 0 Å². The van der Waals surface area contributed by atoms with Gasteiger partial charge in [0.2, 0.25) is 6.41 Å². The van der Waals surface area contributed by atoms with Gasteiger partial charge in [0.15, 0.2) is 0 Å². The first-order chi connectivity index (χ1) is 15.8. The second-order valence-corrected chi connectivity index (χ2v) is 7.54. The fourth-order valence-corrected chi connectivity index (χ4v) is 3.36. The van der Waals surface area contributed by atoms with Crippen LogP contribution in [0.4, 0.5) is 8.78 Å². The van der Waals surface area contributed by atoms with Crippen molar-refractivity contribution < 1.29 is 28.2 Å². The number of hydrogen-bond donors (Lipinski definition) is 2. The van der Waals surface area contributed by atoms with Gasteiger partial charge in [0, 0.05) is 39.9 Å². The Morgan fingerprint density at radius 2 is 1.91 bits per heavy atom. The topological polar surface area (TPSA) is 85.4 Å². The quantitative estimate of drug-likeness (QED) is 0.527. The van der Waals surface area contributed by atoms with Crippen LogP contribution in [0.3, 0.4) is 0 Å². The molecule has 3 rings (SSSR count). The van der Waals surface area contributed by atoms with Gasteiger partial charge in [-0.05, 0) is 36.2 Å². The number of aliphatic hydroxyl groups is 1. The Morgan fingerprint density at radius 1 is 1.18 bits per heavy atom. The smallest absolute Gasteiger partial charge is 0.273 e. The Bertz CT molecular complexity index is 1020. The zero-order valence-corrected chi connectivity index (χ0v) is 18.4. The lowest BCUT2D eigenvalue weighted by atomic mass is 10.2. The first kappa shape index (κ1) is 24.0. The number of ether oxygens (including phenoxy) is 1. The molecular formula is C23H26F2N4O4. The zero-order valence-electron chi connectivity index (χ0n) is 18.4. The standard InChI is InChI=1S/C23H26F2N4O4/c1-27(11-4-12-30)22(32)20-21(28(2)15-31)26-23(33-19-6-3-5-18(25)13-19)29(20)14-16-7-9-17(24)10-8-16/h3,5-10,13,15,23,26,30H,4,11-12,14H2,1-2H3. The lowest BCUT2D eigenvalue weighted by molar-refractivity contribution is -0.128. The predicted octanol–water partition coefficient (Wildman–Crippen LogP) is 1.83. The van der Waals surface area contributed by atoms with E-state index in [4.69, 9.17) is 9.84 Å². The van der Waals surface area contributed by atoms with Crippen LogP contribution >= 0.6 is 0 Å². The third-order valence-electron chi connectivity index (χ3n) is 5.08. The number of benzene rings is 2. The van der Waals surface area contributed by atoms with E-state index in [2.05, 4.69) is 5.32 Å². The number of hydrogen-bond acceptors (Lipinski definition) is 6. The number of nitrogens with one attached hydrogen (secondary N) is 1. The Kier molecular flexibility index (Phi) is 7.83. The van der Waals surface area contributed by atoms with E-state index in [0.717, 1.165) is 0 Å². The van der Waals surface area contributed by atoms with Crippen LogP contribution < -0.4 is 10.1 Å². The minimum absolute atomic E-state index is 0.0827. The number of likely N-dealkylation sites (N-methyl/N-ethyl adjacent to an activating group) is 1. The Hall–Kier alpha value is -3.66. The minimum Gasteiger partial charge on any atom is -0.452 e. The normalized spacial score (nSPS) is 15.3. The highest BCUT2D eigenvalue weighted by Crippen LogP contribution is 2.28. The average Bonchev–Trinajstić information content (AvgIpc) is 3.15. The summed E-state index contributed by atoms with van der Waals surface area (Å²) in [6.07, 6.45) is -0.0353. The third kappa shape index (κ3) is 5.78. The molecule has 2 aromatic carbocycles. The molecule has 0 saturated heterocycles. The van der Waals surface area contributed by atoms with Crippen LogP contribution in [0, 0.1) is 11.6 Å². The molecule has 0 saturated carbocycles. The number of halogens is 2. The highest BCUT2D eigenvalue weighted by atomic mass is 19.1. The molecule has 1 aliphatic rings. The van der Waals surface area contributed by atoms with Crippen molar-refractivity contribution in [1.82, 2.24) is 20.0 Å². The van der Waals surface area contributed by atoms with E-state index >= 15 is 0 Å². The van der Waals surface area contributed by atoms with Gasteiger partial charge in [-0.3, -0.25) is 9.59 Å².